The third-order valence-corrected chi connectivity index (χ3v) is 2.12. The van der Waals surface area contributed by atoms with E-state index in [4.69, 9.17) is 4.74 Å². The maximum atomic E-state index is 12.6. The first-order valence-corrected chi connectivity index (χ1v) is 4.98. The molecule has 0 saturated carbocycles. The second-order valence-corrected chi connectivity index (χ2v) is 3.36. The van der Waals surface area contributed by atoms with Gasteiger partial charge >= 0.3 is 5.97 Å². The molecule has 0 atom stereocenters. The number of nitrogens with zero attached hydrogens (tertiary/aromatic N) is 2. The van der Waals surface area contributed by atoms with Crippen LogP contribution in [0.15, 0.2) is 30.5 Å². The second kappa shape index (κ2) is 5.17. The van der Waals surface area contributed by atoms with Gasteiger partial charge in [0.25, 0.3) is 0 Å². The minimum absolute atomic E-state index is 0.0121. The number of rotatable bonds is 4. The average Bonchev–Trinajstić information content (AvgIpc) is 2.90. The van der Waals surface area contributed by atoms with Crippen LogP contribution in [0, 0.1) is 5.82 Å². The lowest BCUT2D eigenvalue weighted by molar-refractivity contribution is 0.0469. The van der Waals surface area contributed by atoms with E-state index in [1.54, 1.807) is 0 Å². The summed E-state index contributed by atoms with van der Waals surface area (Å²) in [4.78, 5) is 22.9. The standard InChI is InChI=1S/C11H8FN3O3/c12-8-3-1-7(2-4-8)10(16)6-18-11(17)9-5-13-15-14-9/h1-5H,6H2,(H,13,14,15). The number of H-pyrrole nitrogens is 1. The van der Waals surface area contributed by atoms with Crippen LogP contribution in [0.2, 0.25) is 0 Å². The maximum absolute atomic E-state index is 12.6. The predicted octanol–water partition coefficient (Wildman–Crippen LogP) is 0.983. The number of carbonyl (C=O) groups is 2. The lowest BCUT2D eigenvalue weighted by atomic mass is 10.1. The minimum atomic E-state index is -0.751. The third kappa shape index (κ3) is 2.76. The average molecular weight is 249 g/mol. The highest BCUT2D eigenvalue weighted by molar-refractivity contribution is 5.98. The summed E-state index contributed by atoms with van der Waals surface area (Å²) >= 11 is 0. The molecule has 6 nitrogen and oxygen atoms in total. The number of carbonyl (C=O) groups excluding carboxylic acids is 2. The fourth-order valence-corrected chi connectivity index (χ4v) is 1.22. The lowest BCUT2D eigenvalue weighted by Gasteiger charge is -2.02. The van der Waals surface area contributed by atoms with Gasteiger partial charge in [-0.3, -0.25) is 4.79 Å². The Bertz CT molecular complexity index is 551. The number of benzene rings is 1. The topological polar surface area (TPSA) is 84.9 Å². The number of Topliss-reactive ketones (excluding diaryl/α,β-unsaturated/α-hetero) is 1. The van der Waals surface area contributed by atoms with Gasteiger partial charge in [0, 0.05) is 5.56 Å². The van der Waals surface area contributed by atoms with E-state index in [9.17, 15) is 14.0 Å². The second-order valence-electron chi connectivity index (χ2n) is 3.36. The summed E-state index contributed by atoms with van der Waals surface area (Å²) in [5.74, 6) is -1.61. The van der Waals surface area contributed by atoms with Gasteiger partial charge in [-0.1, -0.05) is 0 Å². The van der Waals surface area contributed by atoms with Crippen molar-refractivity contribution in [1.29, 1.82) is 0 Å². The van der Waals surface area contributed by atoms with Crippen LogP contribution in [0.5, 0.6) is 0 Å². The van der Waals surface area contributed by atoms with Crippen molar-refractivity contribution in [3.63, 3.8) is 0 Å². The molecule has 0 aliphatic rings. The van der Waals surface area contributed by atoms with Gasteiger partial charge in [-0.25, -0.2) is 9.18 Å². The minimum Gasteiger partial charge on any atom is -0.452 e. The molecule has 0 amide bonds. The molecule has 1 heterocycles. The van der Waals surface area contributed by atoms with Crippen LogP contribution in [0.1, 0.15) is 20.8 Å². The molecule has 92 valence electrons. The molecule has 0 aliphatic carbocycles. The van der Waals surface area contributed by atoms with Crippen LogP contribution < -0.4 is 0 Å². The van der Waals surface area contributed by atoms with Gasteiger partial charge in [0.05, 0.1) is 6.20 Å². The summed E-state index contributed by atoms with van der Waals surface area (Å²) in [6.45, 7) is -0.433. The smallest absolute Gasteiger partial charge is 0.360 e. The molecular weight excluding hydrogens is 241 g/mol. The summed E-state index contributed by atoms with van der Waals surface area (Å²) in [7, 11) is 0. The number of esters is 1. The Labute approximate surface area is 101 Å². The van der Waals surface area contributed by atoms with Crippen LogP contribution in [0.3, 0.4) is 0 Å². The van der Waals surface area contributed by atoms with Gasteiger partial charge in [0.2, 0.25) is 0 Å². The first-order valence-electron chi connectivity index (χ1n) is 4.98. The fraction of sp³-hybridized carbons (Fsp3) is 0.0909. The van der Waals surface area contributed by atoms with Crippen molar-refractivity contribution < 1.29 is 18.7 Å². The Morgan fingerprint density at radius 3 is 2.61 bits per heavy atom. The van der Waals surface area contributed by atoms with Gasteiger partial charge in [-0.2, -0.15) is 10.3 Å². The Morgan fingerprint density at radius 1 is 1.28 bits per heavy atom. The molecule has 1 N–H and O–H groups in total. The van der Waals surface area contributed by atoms with E-state index in [-0.39, 0.29) is 11.3 Å². The van der Waals surface area contributed by atoms with Gasteiger partial charge in [0.1, 0.15) is 5.82 Å². The van der Waals surface area contributed by atoms with Crippen molar-refractivity contribution in [2.45, 2.75) is 0 Å². The van der Waals surface area contributed by atoms with Crippen molar-refractivity contribution in [2.24, 2.45) is 0 Å². The summed E-state index contributed by atoms with van der Waals surface area (Å²) in [5, 5.41) is 9.19. The van der Waals surface area contributed by atoms with Crippen LogP contribution in [0.4, 0.5) is 4.39 Å². The van der Waals surface area contributed by atoms with Crippen molar-refractivity contribution >= 4 is 11.8 Å². The molecule has 0 radical (unpaired) electrons. The van der Waals surface area contributed by atoms with Crippen molar-refractivity contribution in [3.8, 4) is 0 Å². The van der Waals surface area contributed by atoms with E-state index < -0.39 is 24.2 Å². The quantitative estimate of drug-likeness (QED) is 0.645. The molecule has 0 bridgehead atoms. The number of hydrogen-bond donors (Lipinski definition) is 1. The van der Waals surface area contributed by atoms with Crippen LogP contribution >= 0.6 is 0 Å². The molecule has 7 heteroatoms. The first-order chi connectivity index (χ1) is 8.66. The van der Waals surface area contributed by atoms with Crippen LogP contribution in [0.25, 0.3) is 0 Å². The van der Waals surface area contributed by atoms with Gasteiger partial charge in [0.15, 0.2) is 18.1 Å². The van der Waals surface area contributed by atoms with Crippen molar-refractivity contribution in [2.75, 3.05) is 6.61 Å². The zero-order valence-electron chi connectivity index (χ0n) is 9.09. The van der Waals surface area contributed by atoms with E-state index >= 15 is 0 Å². The van der Waals surface area contributed by atoms with E-state index in [1.165, 1.54) is 18.3 Å². The number of ether oxygens (including phenoxy) is 1. The third-order valence-electron chi connectivity index (χ3n) is 2.12. The van der Waals surface area contributed by atoms with Gasteiger partial charge in [-0.15, -0.1) is 5.10 Å². The molecule has 1 aromatic carbocycles. The molecule has 0 fully saturated rings. The maximum Gasteiger partial charge on any atom is 0.360 e. The molecule has 0 saturated heterocycles. The Kier molecular flexibility index (Phi) is 3.42. The highest BCUT2D eigenvalue weighted by Crippen LogP contribution is 2.04. The number of aromatic nitrogens is 3. The largest absolute Gasteiger partial charge is 0.452 e. The van der Waals surface area contributed by atoms with E-state index in [0.717, 1.165) is 12.1 Å². The zero-order chi connectivity index (χ0) is 13.0. The molecule has 0 spiro atoms. The summed E-state index contributed by atoms with van der Waals surface area (Å²) in [5.41, 5.74) is 0.256. The summed E-state index contributed by atoms with van der Waals surface area (Å²) < 4.78 is 17.4. The van der Waals surface area contributed by atoms with Crippen molar-refractivity contribution in [1.82, 2.24) is 15.4 Å². The molecular formula is C11H8FN3O3. The highest BCUT2D eigenvalue weighted by atomic mass is 19.1. The molecule has 1 aromatic heterocycles. The molecule has 0 unspecified atom stereocenters. The Morgan fingerprint density at radius 2 is 2.00 bits per heavy atom. The highest BCUT2D eigenvalue weighted by Gasteiger charge is 2.13. The first kappa shape index (κ1) is 11.9. The SMILES string of the molecule is O=C(COC(=O)c1cn[nH]n1)c1ccc(F)cc1. The van der Waals surface area contributed by atoms with E-state index in [0.29, 0.717) is 0 Å². The van der Waals surface area contributed by atoms with Crippen LogP contribution in [-0.2, 0) is 4.74 Å². The molecule has 18 heavy (non-hydrogen) atoms. The van der Waals surface area contributed by atoms with Gasteiger partial charge < -0.3 is 4.74 Å². The molecule has 0 aliphatic heterocycles. The lowest BCUT2D eigenvalue weighted by Crippen LogP contribution is -2.14. The van der Waals surface area contributed by atoms with Crippen molar-refractivity contribution in [3.05, 3.63) is 47.5 Å². The fourth-order valence-electron chi connectivity index (χ4n) is 1.22. The molecule has 2 aromatic rings. The van der Waals surface area contributed by atoms with Gasteiger partial charge in [-0.05, 0) is 24.3 Å². The van der Waals surface area contributed by atoms with E-state index in [2.05, 4.69) is 15.4 Å². The summed E-state index contributed by atoms with van der Waals surface area (Å²) in [6.07, 6.45) is 1.19. The predicted molar refractivity (Wildman–Crippen MR) is 57.4 cm³/mol. The normalized spacial score (nSPS) is 10.1. The number of ketones is 1. The zero-order valence-corrected chi connectivity index (χ0v) is 9.09. The Hall–Kier alpha value is -2.57. The summed E-state index contributed by atoms with van der Waals surface area (Å²) in [6, 6.07) is 4.96. The molecule has 2 rings (SSSR count). The number of hydrogen-bond acceptors (Lipinski definition) is 5. The number of aromatic amines is 1. The number of nitrogens with one attached hydrogen (secondary N) is 1. The monoisotopic (exact) mass is 249 g/mol. The Balaban J connectivity index is 1.92. The number of halogens is 1. The van der Waals surface area contributed by atoms with E-state index in [1.807, 2.05) is 0 Å². The van der Waals surface area contributed by atoms with Crippen LogP contribution in [-0.4, -0.2) is 33.8 Å².